The van der Waals surface area contributed by atoms with Gasteiger partial charge in [0.25, 0.3) is 0 Å². The van der Waals surface area contributed by atoms with Gasteiger partial charge in [-0.2, -0.15) is 0 Å². The Hall–Kier alpha value is -5.32. The molecule has 0 saturated heterocycles. The number of Topliss-reactive ketones (excluding diaryl/α,β-unsaturated/α-hetero) is 6. The molecule has 0 atom stereocenters. The summed E-state index contributed by atoms with van der Waals surface area (Å²) in [6.07, 6.45) is 18.5. The number of hydrogen-bond donors (Lipinski definition) is 4. The molecule has 3 rings (SSSR count). The largest absolute Gasteiger partial charge is 0.508 e. The number of phenols is 4. The molecular formula is C57H84O11. The van der Waals surface area contributed by atoms with Gasteiger partial charge in [0.15, 0.2) is 11.5 Å². The summed E-state index contributed by atoms with van der Waals surface area (Å²) in [5.41, 5.74) is 2.23. The van der Waals surface area contributed by atoms with Crippen molar-refractivity contribution in [2.75, 3.05) is 6.61 Å². The Kier molecular flexibility index (Phi) is 32.7. The van der Waals surface area contributed by atoms with Crippen molar-refractivity contribution in [3.05, 3.63) is 77.9 Å². The van der Waals surface area contributed by atoms with Crippen LogP contribution < -0.4 is 4.74 Å². The lowest BCUT2D eigenvalue weighted by molar-refractivity contribution is -0.134. The lowest BCUT2D eigenvalue weighted by atomic mass is 9.90. The van der Waals surface area contributed by atoms with Crippen LogP contribution in [-0.4, -0.2) is 61.7 Å². The Balaban J connectivity index is 0.000000510. The van der Waals surface area contributed by atoms with Crippen molar-refractivity contribution >= 4 is 34.7 Å². The van der Waals surface area contributed by atoms with Gasteiger partial charge in [-0.1, -0.05) is 118 Å². The standard InChI is InChI=1S/2C19H28O4.C19H28O3/c1-3-18(21)17(19(22)4-2)9-7-5-6-8-14-23-16-12-10-15(20)11-13-16;1-3-16(20)15(17(21)4-2)10-8-6-5-7-9-14-11-12-18(22)19(23)13-14;1-3-18(21)17(19(22)4-2)10-8-6-5-7-9-15-11-13-16(20)14-12-15/h10-13,17,20H,3-9,14H2,1-2H3;11-13,15,22-23H,3-10H2,1-2H3;11-14,17,20H,3-10H2,1-2H3. The molecule has 11 heteroatoms. The second-order valence-corrected chi connectivity index (χ2v) is 17.5. The van der Waals surface area contributed by atoms with Crippen LogP contribution in [-0.2, 0) is 41.6 Å². The highest BCUT2D eigenvalue weighted by Crippen LogP contribution is 2.26. The van der Waals surface area contributed by atoms with Gasteiger partial charge >= 0.3 is 0 Å². The molecular weight excluding hydrogens is 861 g/mol. The first kappa shape index (κ1) is 60.7. The number of ether oxygens (including phenoxy) is 1. The van der Waals surface area contributed by atoms with Gasteiger partial charge in [-0.05, 0) is 111 Å². The number of hydrogen-bond acceptors (Lipinski definition) is 11. The summed E-state index contributed by atoms with van der Waals surface area (Å²) in [5, 5.41) is 37.1. The quantitative estimate of drug-likeness (QED) is 0.0253. The molecule has 0 unspecified atom stereocenters. The van der Waals surface area contributed by atoms with E-state index in [1.165, 1.54) is 11.6 Å². The van der Waals surface area contributed by atoms with Crippen LogP contribution in [0.4, 0.5) is 0 Å². The fourth-order valence-corrected chi connectivity index (χ4v) is 7.97. The maximum Gasteiger partial charge on any atom is 0.157 e. The van der Waals surface area contributed by atoms with Gasteiger partial charge < -0.3 is 25.2 Å². The predicted molar refractivity (Wildman–Crippen MR) is 270 cm³/mol. The SMILES string of the molecule is CCC(=O)C(CCCCCCOc1ccc(O)cc1)C(=O)CC.CCC(=O)C(CCCCCCc1ccc(O)c(O)c1)C(=O)CC.CCC(=O)C(CCCCCCc1ccc(O)cc1)C(=O)CC. The molecule has 0 fully saturated rings. The molecule has 0 aromatic heterocycles. The van der Waals surface area contributed by atoms with Crippen LogP contribution in [0, 0.1) is 17.8 Å². The molecule has 3 aromatic carbocycles. The van der Waals surface area contributed by atoms with E-state index in [2.05, 4.69) is 0 Å². The van der Waals surface area contributed by atoms with E-state index in [9.17, 15) is 49.2 Å². The minimum atomic E-state index is -0.404. The third-order valence-electron chi connectivity index (χ3n) is 12.3. The summed E-state index contributed by atoms with van der Waals surface area (Å²) in [5.74, 6) is 0.419. The van der Waals surface area contributed by atoms with E-state index >= 15 is 0 Å². The van der Waals surface area contributed by atoms with Crippen LogP contribution in [0.15, 0.2) is 66.7 Å². The molecule has 0 amide bonds. The Morgan fingerprint density at radius 3 is 1.07 bits per heavy atom. The monoisotopic (exact) mass is 945 g/mol. The van der Waals surface area contributed by atoms with Crippen molar-refractivity contribution in [2.24, 2.45) is 17.8 Å². The molecule has 4 N–H and O–H groups in total. The van der Waals surface area contributed by atoms with Crippen LogP contribution in [0.2, 0.25) is 0 Å². The fraction of sp³-hybridized carbons (Fsp3) is 0.579. The molecule has 378 valence electrons. The third-order valence-corrected chi connectivity index (χ3v) is 12.3. The lowest BCUT2D eigenvalue weighted by Gasteiger charge is -2.12. The summed E-state index contributed by atoms with van der Waals surface area (Å²) in [7, 11) is 0. The molecule has 3 aromatic rings. The first-order valence-corrected chi connectivity index (χ1v) is 25.5. The number of carbonyl (C=O) groups excluding carboxylic acids is 6. The van der Waals surface area contributed by atoms with E-state index in [1.54, 1.807) is 42.5 Å². The van der Waals surface area contributed by atoms with Crippen molar-refractivity contribution in [3.8, 4) is 28.7 Å². The highest BCUT2D eigenvalue weighted by atomic mass is 16.5. The van der Waals surface area contributed by atoms with Gasteiger partial charge in [-0.15, -0.1) is 0 Å². The molecule has 0 bridgehead atoms. The minimum absolute atomic E-state index is 0.0661. The smallest absolute Gasteiger partial charge is 0.157 e. The molecule has 68 heavy (non-hydrogen) atoms. The molecule has 0 radical (unpaired) electrons. The number of ketones is 6. The van der Waals surface area contributed by atoms with Crippen molar-refractivity contribution in [2.45, 2.75) is 189 Å². The summed E-state index contributed by atoms with van der Waals surface area (Å²) >= 11 is 0. The first-order chi connectivity index (χ1) is 32.6. The van der Waals surface area contributed by atoms with Gasteiger partial charge in [0, 0.05) is 38.5 Å². The van der Waals surface area contributed by atoms with Gasteiger partial charge in [0.2, 0.25) is 0 Å². The number of phenolic OH excluding ortho intramolecular Hbond substituents is 4. The Morgan fingerprint density at radius 2 is 0.706 bits per heavy atom. The summed E-state index contributed by atoms with van der Waals surface area (Å²) in [6, 6.07) is 18.9. The van der Waals surface area contributed by atoms with Crippen molar-refractivity contribution in [1.82, 2.24) is 0 Å². The second kappa shape index (κ2) is 36.7. The zero-order valence-corrected chi connectivity index (χ0v) is 42.2. The first-order valence-electron chi connectivity index (χ1n) is 25.5. The van der Waals surface area contributed by atoms with Crippen LogP contribution >= 0.6 is 0 Å². The van der Waals surface area contributed by atoms with E-state index < -0.39 is 11.8 Å². The minimum Gasteiger partial charge on any atom is -0.508 e. The average Bonchev–Trinajstić information content (AvgIpc) is 3.35. The molecule has 11 nitrogen and oxygen atoms in total. The number of aromatic hydroxyl groups is 4. The number of carbonyl (C=O) groups is 6. The molecule has 0 aliphatic carbocycles. The topological polar surface area (TPSA) is 193 Å². The van der Waals surface area contributed by atoms with E-state index in [4.69, 9.17) is 4.74 Å². The maximum absolute atomic E-state index is 11.8. The molecule has 0 aliphatic heterocycles. The van der Waals surface area contributed by atoms with Crippen LogP contribution in [0.25, 0.3) is 0 Å². The number of unbranched alkanes of at least 4 members (excludes halogenated alkanes) is 9. The molecule has 0 spiro atoms. The highest BCUT2D eigenvalue weighted by Gasteiger charge is 2.24. The predicted octanol–water partition coefficient (Wildman–Crippen LogP) is 12.9. The van der Waals surface area contributed by atoms with E-state index in [1.807, 2.05) is 59.7 Å². The van der Waals surface area contributed by atoms with E-state index in [0.29, 0.717) is 70.1 Å². The summed E-state index contributed by atoms with van der Waals surface area (Å²) in [4.78, 5) is 70.8. The number of rotatable bonds is 34. The van der Waals surface area contributed by atoms with Crippen molar-refractivity contribution in [3.63, 3.8) is 0 Å². The van der Waals surface area contributed by atoms with Crippen LogP contribution in [0.5, 0.6) is 28.7 Å². The Bertz CT molecular complexity index is 1850. The third kappa shape index (κ3) is 25.7. The normalized spacial score (nSPS) is 10.8. The average molecular weight is 945 g/mol. The maximum atomic E-state index is 11.8. The zero-order chi connectivity index (χ0) is 50.7. The number of aryl methyl sites for hydroxylation is 2. The van der Waals surface area contributed by atoms with Gasteiger partial charge in [0.1, 0.15) is 51.9 Å². The fourth-order valence-electron chi connectivity index (χ4n) is 7.97. The van der Waals surface area contributed by atoms with E-state index in [-0.39, 0.29) is 57.9 Å². The zero-order valence-electron chi connectivity index (χ0n) is 42.2. The van der Waals surface area contributed by atoms with Gasteiger partial charge in [0.05, 0.1) is 24.4 Å². The molecule has 0 saturated carbocycles. The summed E-state index contributed by atoms with van der Waals surface area (Å²) in [6.45, 7) is 11.6. The lowest BCUT2D eigenvalue weighted by Crippen LogP contribution is -2.22. The molecule has 0 heterocycles. The van der Waals surface area contributed by atoms with Crippen molar-refractivity contribution < 1.29 is 53.9 Å². The number of benzene rings is 3. The Labute approximate surface area is 407 Å². The van der Waals surface area contributed by atoms with Crippen molar-refractivity contribution in [1.29, 1.82) is 0 Å². The van der Waals surface area contributed by atoms with Crippen LogP contribution in [0.3, 0.4) is 0 Å². The highest BCUT2D eigenvalue weighted by molar-refractivity contribution is 6.03. The van der Waals surface area contributed by atoms with Gasteiger partial charge in [-0.25, -0.2) is 0 Å². The van der Waals surface area contributed by atoms with E-state index in [0.717, 1.165) is 101 Å². The second-order valence-electron chi connectivity index (χ2n) is 17.5. The molecule has 0 aliphatic rings. The van der Waals surface area contributed by atoms with Crippen LogP contribution in [0.1, 0.15) is 188 Å². The Morgan fingerprint density at radius 1 is 0.382 bits per heavy atom. The van der Waals surface area contributed by atoms with Gasteiger partial charge in [-0.3, -0.25) is 28.8 Å². The summed E-state index contributed by atoms with van der Waals surface area (Å²) < 4.78 is 5.58.